The number of hydrogen-bond donors (Lipinski definition) is 0. The lowest BCUT2D eigenvalue weighted by Crippen LogP contribution is -2.36. The van der Waals surface area contributed by atoms with Crippen molar-refractivity contribution in [2.75, 3.05) is 11.4 Å². The molecule has 1 aromatic carbocycles. The lowest BCUT2D eigenvalue weighted by Gasteiger charge is -2.29. The fraction of sp³-hybridized carbons (Fsp3) is 0.444. The maximum absolute atomic E-state index is 13.0. The zero-order chi connectivity index (χ0) is 15.1. The minimum absolute atomic E-state index is 0.00810. The highest BCUT2D eigenvalue weighted by atomic mass is 16.5. The number of amides is 1. The van der Waals surface area contributed by atoms with Gasteiger partial charge in [-0.25, -0.2) is 0 Å². The van der Waals surface area contributed by atoms with Gasteiger partial charge in [-0.15, -0.1) is 0 Å². The Balaban J connectivity index is 1.70. The minimum atomic E-state index is -0.00810. The Kier molecular flexibility index (Phi) is 3.25. The van der Waals surface area contributed by atoms with E-state index in [4.69, 9.17) is 4.52 Å². The predicted molar refractivity (Wildman–Crippen MR) is 84.1 cm³/mol. The predicted octanol–water partition coefficient (Wildman–Crippen LogP) is 3.39. The van der Waals surface area contributed by atoms with Crippen LogP contribution >= 0.6 is 0 Å². The number of hydrogen-bond acceptors (Lipinski definition) is 3. The number of rotatable bonds is 1. The zero-order valence-electron chi connectivity index (χ0n) is 12.8. The summed E-state index contributed by atoms with van der Waals surface area (Å²) in [5.41, 5.74) is 3.83. The Morgan fingerprint density at radius 3 is 3.09 bits per heavy atom. The van der Waals surface area contributed by atoms with Crippen LogP contribution < -0.4 is 4.90 Å². The van der Waals surface area contributed by atoms with Gasteiger partial charge in [0.1, 0.15) is 5.76 Å². The summed E-state index contributed by atoms with van der Waals surface area (Å²) in [7, 11) is 0. The first-order valence-electron chi connectivity index (χ1n) is 8.11. The molecule has 4 heteroatoms. The van der Waals surface area contributed by atoms with Crippen molar-refractivity contribution < 1.29 is 9.32 Å². The largest absolute Gasteiger partial charge is 0.360 e. The lowest BCUT2D eigenvalue weighted by molar-refractivity contribution is 0.0975. The normalized spacial score (nSPS) is 20.4. The molecule has 2 aromatic rings. The first kappa shape index (κ1) is 13.6. The summed E-state index contributed by atoms with van der Waals surface area (Å²) in [6.45, 7) is 2.98. The van der Waals surface area contributed by atoms with Crippen molar-refractivity contribution in [1.29, 1.82) is 0 Å². The molecule has 4 nitrogen and oxygen atoms in total. The molecular formula is C18H20N2O2. The molecule has 1 atom stereocenters. The number of aromatic nitrogens is 1. The molecule has 0 saturated carbocycles. The minimum Gasteiger partial charge on any atom is -0.360 e. The van der Waals surface area contributed by atoms with Crippen molar-refractivity contribution in [3.63, 3.8) is 0 Å². The molecule has 0 unspecified atom stereocenters. The smallest absolute Gasteiger partial charge is 0.280 e. The summed E-state index contributed by atoms with van der Waals surface area (Å²) >= 11 is 0. The van der Waals surface area contributed by atoms with E-state index in [-0.39, 0.29) is 5.91 Å². The van der Waals surface area contributed by atoms with Gasteiger partial charge in [0, 0.05) is 24.2 Å². The van der Waals surface area contributed by atoms with E-state index >= 15 is 0 Å². The molecule has 0 fully saturated rings. The first-order valence-corrected chi connectivity index (χ1v) is 8.11. The number of carbonyl (C=O) groups excluding carboxylic acids is 1. The average Bonchev–Trinajstić information content (AvgIpc) is 2.96. The maximum Gasteiger partial charge on any atom is 0.280 e. The van der Waals surface area contributed by atoms with Crippen LogP contribution in [0.5, 0.6) is 0 Å². The van der Waals surface area contributed by atoms with Gasteiger partial charge in [0.25, 0.3) is 5.91 Å². The van der Waals surface area contributed by atoms with Crippen LogP contribution in [0.2, 0.25) is 0 Å². The van der Waals surface area contributed by atoms with E-state index in [1.807, 2.05) is 23.1 Å². The molecule has 1 amide bonds. The highest BCUT2D eigenvalue weighted by Crippen LogP contribution is 2.32. The first-order chi connectivity index (χ1) is 10.7. The number of anilines is 1. The molecule has 0 bridgehead atoms. The molecule has 0 radical (unpaired) electrons. The van der Waals surface area contributed by atoms with Crippen molar-refractivity contribution in [2.24, 2.45) is 5.92 Å². The summed E-state index contributed by atoms with van der Waals surface area (Å²) in [5, 5.41) is 4.11. The van der Waals surface area contributed by atoms with Gasteiger partial charge in [-0.3, -0.25) is 4.79 Å². The summed E-state index contributed by atoms with van der Waals surface area (Å²) in [6, 6.07) is 8.16. The third-order valence-electron chi connectivity index (χ3n) is 4.84. The second-order valence-corrected chi connectivity index (χ2v) is 6.47. The van der Waals surface area contributed by atoms with Crippen LogP contribution in [0.3, 0.4) is 0 Å². The summed E-state index contributed by atoms with van der Waals surface area (Å²) in [6.07, 6.45) is 4.94. The topological polar surface area (TPSA) is 46.3 Å². The van der Waals surface area contributed by atoms with E-state index in [1.54, 1.807) is 0 Å². The van der Waals surface area contributed by atoms with Crippen molar-refractivity contribution >= 4 is 11.6 Å². The highest BCUT2D eigenvalue weighted by molar-refractivity contribution is 6.06. The Hall–Kier alpha value is -2.10. The van der Waals surface area contributed by atoms with E-state index in [9.17, 15) is 4.79 Å². The summed E-state index contributed by atoms with van der Waals surface area (Å²) in [5.74, 6) is 1.49. The van der Waals surface area contributed by atoms with Crippen LogP contribution in [0, 0.1) is 5.92 Å². The quantitative estimate of drug-likeness (QED) is 0.810. The SMILES string of the molecule is C[C@H]1CCc2onc(C(=O)N3CCCc4ccccc43)c2C1. The van der Waals surface area contributed by atoms with Crippen LogP contribution in [-0.2, 0) is 19.3 Å². The molecule has 1 aliphatic heterocycles. The van der Waals surface area contributed by atoms with E-state index in [0.717, 1.165) is 55.7 Å². The molecule has 4 rings (SSSR count). The third-order valence-corrected chi connectivity index (χ3v) is 4.84. The summed E-state index contributed by atoms with van der Waals surface area (Å²) in [4.78, 5) is 14.9. The van der Waals surface area contributed by atoms with Gasteiger partial charge in [-0.2, -0.15) is 0 Å². The molecule has 2 aliphatic rings. The second-order valence-electron chi connectivity index (χ2n) is 6.47. The molecule has 0 saturated heterocycles. The number of carbonyl (C=O) groups is 1. The number of nitrogens with zero attached hydrogens (tertiary/aromatic N) is 2. The van der Waals surface area contributed by atoms with Crippen LogP contribution in [0.25, 0.3) is 0 Å². The van der Waals surface area contributed by atoms with Crippen LogP contribution in [-0.4, -0.2) is 17.6 Å². The fourth-order valence-electron chi connectivity index (χ4n) is 3.62. The van der Waals surface area contributed by atoms with E-state index in [1.165, 1.54) is 5.56 Å². The van der Waals surface area contributed by atoms with Crippen LogP contribution in [0.15, 0.2) is 28.8 Å². The summed E-state index contributed by atoms with van der Waals surface area (Å²) < 4.78 is 5.44. The van der Waals surface area contributed by atoms with Crippen molar-refractivity contribution in [3.05, 3.63) is 46.8 Å². The fourth-order valence-corrected chi connectivity index (χ4v) is 3.62. The number of benzene rings is 1. The van der Waals surface area contributed by atoms with Gasteiger partial charge in [0.15, 0.2) is 5.69 Å². The second kappa shape index (κ2) is 5.27. The van der Waals surface area contributed by atoms with Gasteiger partial charge in [0.05, 0.1) is 0 Å². The standard InChI is InChI=1S/C18H20N2O2/c1-12-8-9-16-14(11-12)17(19-22-16)18(21)20-10-4-6-13-5-2-3-7-15(13)20/h2-3,5,7,12H,4,6,8-11H2,1H3/t12-/m0/s1. The highest BCUT2D eigenvalue weighted by Gasteiger charge is 2.31. The molecule has 114 valence electrons. The number of fused-ring (bicyclic) bond motifs is 2. The average molecular weight is 296 g/mol. The zero-order valence-corrected chi connectivity index (χ0v) is 12.8. The Morgan fingerprint density at radius 1 is 1.32 bits per heavy atom. The van der Waals surface area contributed by atoms with Gasteiger partial charge in [-0.05, 0) is 43.2 Å². The Bertz CT molecular complexity index is 720. The van der Waals surface area contributed by atoms with Gasteiger partial charge >= 0.3 is 0 Å². The van der Waals surface area contributed by atoms with E-state index < -0.39 is 0 Å². The monoisotopic (exact) mass is 296 g/mol. The molecule has 1 aromatic heterocycles. The molecule has 0 N–H and O–H groups in total. The van der Waals surface area contributed by atoms with Crippen molar-refractivity contribution in [3.8, 4) is 0 Å². The van der Waals surface area contributed by atoms with Gasteiger partial charge in [0.2, 0.25) is 0 Å². The Labute approximate surface area is 130 Å². The van der Waals surface area contributed by atoms with E-state index in [2.05, 4.69) is 18.1 Å². The van der Waals surface area contributed by atoms with Gasteiger partial charge in [-0.1, -0.05) is 30.3 Å². The van der Waals surface area contributed by atoms with Crippen molar-refractivity contribution in [1.82, 2.24) is 5.16 Å². The van der Waals surface area contributed by atoms with Gasteiger partial charge < -0.3 is 9.42 Å². The van der Waals surface area contributed by atoms with E-state index in [0.29, 0.717) is 11.6 Å². The van der Waals surface area contributed by atoms with Crippen LogP contribution in [0.1, 0.15) is 47.1 Å². The van der Waals surface area contributed by atoms with Crippen LogP contribution in [0.4, 0.5) is 5.69 Å². The molecular weight excluding hydrogens is 276 g/mol. The third kappa shape index (κ3) is 2.14. The molecule has 22 heavy (non-hydrogen) atoms. The Morgan fingerprint density at radius 2 is 2.18 bits per heavy atom. The number of aryl methyl sites for hydroxylation is 2. The molecule has 0 spiro atoms. The lowest BCUT2D eigenvalue weighted by atomic mass is 9.88. The maximum atomic E-state index is 13.0. The number of para-hydroxylation sites is 1. The van der Waals surface area contributed by atoms with Crippen molar-refractivity contribution in [2.45, 2.75) is 39.0 Å². The molecule has 1 aliphatic carbocycles. The molecule has 2 heterocycles.